The predicted molar refractivity (Wildman–Crippen MR) is 91.1 cm³/mol. The van der Waals surface area contributed by atoms with Gasteiger partial charge in [-0.15, -0.1) is 22.7 Å². The summed E-state index contributed by atoms with van der Waals surface area (Å²) in [6.07, 6.45) is 0. The van der Waals surface area contributed by atoms with Crippen molar-refractivity contribution in [2.75, 3.05) is 32.8 Å². The molecule has 0 spiro atoms. The van der Waals surface area contributed by atoms with Crippen molar-refractivity contribution in [3.63, 3.8) is 0 Å². The third-order valence-corrected chi connectivity index (χ3v) is 5.81. The van der Waals surface area contributed by atoms with Crippen LogP contribution >= 0.6 is 34.3 Å². The zero-order valence-corrected chi connectivity index (χ0v) is 14.3. The molecule has 7 heteroatoms. The van der Waals surface area contributed by atoms with Crippen molar-refractivity contribution in [1.82, 2.24) is 10.2 Å². The molecule has 1 atom stereocenters. The highest BCUT2D eigenvalue weighted by molar-refractivity contribution is 7.18. The van der Waals surface area contributed by atoms with Crippen LogP contribution in [0.25, 0.3) is 0 Å². The summed E-state index contributed by atoms with van der Waals surface area (Å²) in [5.41, 5.74) is 0. The Balaban J connectivity index is 1.66. The molecule has 118 valence electrons. The van der Waals surface area contributed by atoms with Crippen molar-refractivity contribution >= 4 is 40.2 Å². The minimum Gasteiger partial charge on any atom is -0.379 e. The van der Waals surface area contributed by atoms with Gasteiger partial charge in [-0.25, -0.2) is 0 Å². The van der Waals surface area contributed by atoms with Crippen LogP contribution in [0.5, 0.6) is 0 Å². The fraction of sp³-hybridized carbons (Fsp3) is 0.400. The SMILES string of the molecule is O=C(NC[C@@H](c1cccs1)N1CCOCC1)c1ccc(Cl)s1. The number of hydrogen-bond acceptors (Lipinski definition) is 5. The van der Waals surface area contributed by atoms with Crippen LogP contribution < -0.4 is 5.32 Å². The summed E-state index contributed by atoms with van der Waals surface area (Å²) in [6, 6.07) is 7.88. The van der Waals surface area contributed by atoms with Gasteiger partial charge in [0.1, 0.15) is 0 Å². The van der Waals surface area contributed by atoms with Gasteiger partial charge < -0.3 is 10.1 Å². The van der Waals surface area contributed by atoms with Crippen molar-refractivity contribution < 1.29 is 9.53 Å². The first-order chi connectivity index (χ1) is 10.7. The van der Waals surface area contributed by atoms with Crippen LogP contribution in [0.4, 0.5) is 0 Å². The Bertz CT molecular complexity index is 609. The highest BCUT2D eigenvalue weighted by Gasteiger charge is 2.24. The monoisotopic (exact) mass is 356 g/mol. The van der Waals surface area contributed by atoms with Crippen LogP contribution in [-0.2, 0) is 4.74 Å². The first-order valence-corrected chi connectivity index (χ1v) is 9.20. The number of nitrogens with zero attached hydrogens (tertiary/aromatic N) is 1. The summed E-state index contributed by atoms with van der Waals surface area (Å²) >= 11 is 8.92. The van der Waals surface area contributed by atoms with E-state index >= 15 is 0 Å². The predicted octanol–water partition coefficient (Wildman–Crippen LogP) is 3.27. The first kappa shape index (κ1) is 16.0. The van der Waals surface area contributed by atoms with Gasteiger partial charge >= 0.3 is 0 Å². The third kappa shape index (κ3) is 3.88. The molecule has 2 aromatic heterocycles. The zero-order chi connectivity index (χ0) is 15.4. The second-order valence-corrected chi connectivity index (χ2v) is 7.69. The van der Waals surface area contributed by atoms with E-state index in [2.05, 4.69) is 21.7 Å². The number of carbonyl (C=O) groups excluding carboxylic acids is 1. The summed E-state index contributed by atoms with van der Waals surface area (Å²) in [5.74, 6) is -0.0632. The van der Waals surface area contributed by atoms with Crippen LogP contribution in [0, 0.1) is 0 Å². The lowest BCUT2D eigenvalue weighted by molar-refractivity contribution is 0.0169. The normalized spacial score (nSPS) is 17.3. The maximum absolute atomic E-state index is 12.2. The number of nitrogens with one attached hydrogen (secondary N) is 1. The molecule has 1 saturated heterocycles. The second kappa shape index (κ2) is 7.57. The fourth-order valence-electron chi connectivity index (χ4n) is 2.49. The second-order valence-electron chi connectivity index (χ2n) is 4.99. The maximum Gasteiger partial charge on any atom is 0.261 e. The molecule has 0 aromatic carbocycles. The molecule has 2 aromatic rings. The van der Waals surface area contributed by atoms with E-state index in [9.17, 15) is 4.79 Å². The molecule has 1 fully saturated rings. The van der Waals surface area contributed by atoms with Crippen LogP contribution in [0.1, 0.15) is 20.6 Å². The quantitative estimate of drug-likeness (QED) is 0.894. The molecule has 0 radical (unpaired) electrons. The summed E-state index contributed by atoms with van der Waals surface area (Å²) in [5, 5.41) is 5.11. The lowest BCUT2D eigenvalue weighted by Gasteiger charge is -2.34. The summed E-state index contributed by atoms with van der Waals surface area (Å²) in [7, 11) is 0. The van der Waals surface area contributed by atoms with E-state index in [4.69, 9.17) is 16.3 Å². The van der Waals surface area contributed by atoms with Gasteiger partial charge in [0.25, 0.3) is 5.91 Å². The van der Waals surface area contributed by atoms with E-state index in [1.165, 1.54) is 16.2 Å². The lowest BCUT2D eigenvalue weighted by atomic mass is 10.2. The lowest BCUT2D eigenvalue weighted by Crippen LogP contribution is -2.43. The van der Waals surface area contributed by atoms with Gasteiger partial charge in [-0.1, -0.05) is 17.7 Å². The maximum atomic E-state index is 12.2. The molecule has 22 heavy (non-hydrogen) atoms. The highest BCUT2D eigenvalue weighted by atomic mass is 35.5. The summed E-state index contributed by atoms with van der Waals surface area (Å²) < 4.78 is 6.06. The number of ether oxygens (including phenoxy) is 1. The Morgan fingerprint density at radius 1 is 1.36 bits per heavy atom. The molecule has 4 nitrogen and oxygen atoms in total. The fourth-order valence-corrected chi connectivity index (χ4v) is 4.31. The van der Waals surface area contributed by atoms with Gasteiger partial charge in [0, 0.05) is 24.5 Å². The first-order valence-electron chi connectivity index (χ1n) is 7.13. The number of rotatable bonds is 5. The van der Waals surface area contributed by atoms with E-state index in [-0.39, 0.29) is 11.9 Å². The highest BCUT2D eigenvalue weighted by Crippen LogP contribution is 2.26. The Morgan fingerprint density at radius 2 is 2.18 bits per heavy atom. The van der Waals surface area contributed by atoms with Gasteiger partial charge in [0.05, 0.1) is 28.5 Å². The van der Waals surface area contributed by atoms with Crippen molar-refractivity contribution in [1.29, 1.82) is 0 Å². The van der Waals surface area contributed by atoms with Gasteiger partial charge in [-0.3, -0.25) is 9.69 Å². The van der Waals surface area contributed by atoms with Crippen molar-refractivity contribution in [2.24, 2.45) is 0 Å². The smallest absolute Gasteiger partial charge is 0.261 e. The van der Waals surface area contributed by atoms with E-state index < -0.39 is 0 Å². The van der Waals surface area contributed by atoms with Gasteiger partial charge in [0.2, 0.25) is 0 Å². The standard InChI is InChI=1S/C15H17ClN2O2S2/c16-14-4-3-13(22-14)15(19)17-10-11(12-2-1-9-21-12)18-5-7-20-8-6-18/h1-4,9,11H,5-8,10H2,(H,17,19)/t11-/m0/s1. The molecule has 0 aliphatic carbocycles. The molecule has 1 amide bonds. The van der Waals surface area contributed by atoms with Gasteiger partial charge in [-0.2, -0.15) is 0 Å². The Kier molecular flexibility index (Phi) is 5.49. The minimum atomic E-state index is -0.0632. The van der Waals surface area contributed by atoms with E-state index in [0.29, 0.717) is 15.8 Å². The Morgan fingerprint density at radius 3 is 2.82 bits per heavy atom. The average Bonchev–Trinajstić information content (AvgIpc) is 3.20. The van der Waals surface area contributed by atoms with Crippen LogP contribution in [0.15, 0.2) is 29.6 Å². The molecule has 0 unspecified atom stereocenters. The molecule has 0 bridgehead atoms. The summed E-state index contributed by atoms with van der Waals surface area (Å²) in [4.78, 5) is 16.5. The summed E-state index contributed by atoms with van der Waals surface area (Å²) in [6.45, 7) is 3.87. The molecular weight excluding hydrogens is 340 g/mol. The van der Waals surface area contributed by atoms with Crippen LogP contribution in [0.3, 0.4) is 0 Å². The number of hydrogen-bond donors (Lipinski definition) is 1. The Hall–Kier alpha value is -0.920. The van der Waals surface area contributed by atoms with Gasteiger partial charge in [-0.05, 0) is 23.6 Å². The zero-order valence-electron chi connectivity index (χ0n) is 12.0. The number of amides is 1. The molecule has 3 heterocycles. The Labute approximate surface area is 142 Å². The number of carbonyl (C=O) groups is 1. The minimum absolute atomic E-state index is 0.0632. The van der Waals surface area contributed by atoms with Crippen molar-refractivity contribution in [3.05, 3.63) is 43.7 Å². The largest absolute Gasteiger partial charge is 0.379 e. The average molecular weight is 357 g/mol. The molecule has 1 aliphatic heterocycles. The molecule has 1 N–H and O–H groups in total. The molecule has 3 rings (SSSR count). The van der Waals surface area contributed by atoms with Crippen LogP contribution in [-0.4, -0.2) is 43.7 Å². The number of thiophene rings is 2. The van der Waals surface area contributed by atoms with Crippen molar-refractivity contribution in [3.8, 4) is 0 Å². The number of morpholine rings is 1. The van der Waals surface area contributed by atoms with E-state index in [0.717, 1.165) is 26.3 Å². The number of halogens is 1. The van der Waals surface area contributed by atoms with E-state index in [1.54, 1.807) is 23.5 Å². The third-order valence-electron chi connectivity index (χ3n) is 3.61. The molecule has 1 aliphatic rings. The molecular formula is C15H17ClN2O2S2. The van der Waals surface area contributed by atoms with E-state index in [1.807, 2.05) is 6.07 Å². The van der Waals surface area contributed by atoms with Gasteiger partial charge in [0.15, 0.2) is 0 Å². The van der Waals surface area contributed by atoms with Crippen LogP contribution in [0.2, 0.25) is 4.34 Å². The molecule has 0 saturated carbocycles. The van der Waals surface area contributed by atoms with Crippen molar-refractivity contribution in [2.45, 2.75) is 6.04 Å². The topological polar surface area (TPSA) is 41.6 Å².